The summed E-state index contributed by atoms with van der Waals surface area (Å²) in [7, 11) is 0. The zero-order chi connectivity index (χ0) is 14.4. The summed E-state index contributed by atoms with van der Waals surface area (Å²) < 4.78 is 19.0. The first-order valence-corrected chi connectivity index (χ1v) is 7.57. The predicted octanol–water partition coefficient (Wildman–Crippen LogP) is 2.65. The van der Waals surface area contributed by atoms with Crippen LogP contribution < -0.4 is 10.5 Å². The normalized spacial score (nSPS) is 22.4. The molecule has 0 amide bonds. The number of hydrogen-bond donors (Lipinski definition) is 1. The molecule has 1 aromatic carbocycles. The Bertz CT molecular complexity index is 413. The van der Waals surface area contributed by atoms with E-state index in [9.17, 15) is 4.39 Å². The summed E-state index contributed by atoms with van der Waals surface area (Å²) in [6.45, 7) is 5.25. The summed E-state index contributed by atoms with van der Waals surface area (Å²) in [5, 5.41) is 0. The minimum absolute atomic E-state index is 0.295. The lowest BCUT2D eigenvalue weighted by Crippen LogP contribution is -2.42. The van der Waals surface area contributed by atoms with E-state index in [1.165, 1.54) is 25.3 Å². The number of halogens is 1. The van der Waals surface area contributed by atoms with Crippen LogP contribution in [0, 0.1) is 11.7 Å². The van der Waals surface area contributed by atoms with Gasteiger partial charge in [-0.15, -0.1) is 0 Å². The molecule has 1 fully saturated rings. The molecule has 1 aliphatic rings. The molecule has 0 heterocycles. The Morgan fingerprint density at radius 1 is 1.35 bits per heavy atom. The van der Waals surface area contributed by atoms with Gasteiger partial charge in [0.15, 0.2) is 11.6 Å². The van der Waals surface area contributed by atoms with E-state index in [1.54, 1.807) is 18.2 Å². The highest BCUT2D eigenvalue weighted by molar-refractivity contribution is 5.23. The second kappa shape index (κ2) is 7.60. The van der Waals surface area contributed by atoms with Crippen LogP contribution >= 0.6 is 0 Å². The molecule has 0 radical (unpaired) electrons. The monoisotopic (exact) mass is 280 g/mol. The molecule has 2 N–H and O–H groups in total. The van der Waals surface area contributed by atoms with Crippen LogP contribution in [0.2, 0.25) is 0 Å². The average Bonchev–Trinajstić information content (AvgIpc) is 2.94. The van der Waals surface area contributed by atoms with E-state index in [2.05, 4.69) is 11.8 Å². The minimum Gasteiger partial charge on any atom is -0.489 e. The first-order chi connectivity index (χ1) is 9.76. The van der Waals surface area contributed by atoms with Crippen LogP contribution in [0.15, 0.2) is 24.3 Å². The van der Waals surface area contributed by atoms with Gasteiger partial charge in [-0.05, 0) is 44.0 Å². The van der Waals surface area contributed by atoms with Gasteiger partial charge in [-0.3, -0.25) is 4.90 Å². The standard InChI is InChI=1S/C16H25FN2O/c1-2-19(15-8-5-6-13(15)12-18)10-11-20-16-9-4-3-7-14(16)17/h3-4,7,9,13,15H,2,5-6,8,10-12,18H2,1H3. The second-order valence-electron chi connectivity index (χ2n) is 5.40. The number of nitrogens with two attached hydrogens (primary N) is 1. The van der Waals surface area contributed by atoms with Gasteiger partial charge in [0.1, 0.15) is 6.61 Å². The molecule has 4 heteroatoms. The quantitative estimate of drug-likeness (QED) is 0.834. The Hall–Kier alpha value is -1.13. The van der Waals surface area contributed by atoms with E-state index in [0.717, 1.165) is 19.6 Å². The largest absolute Gasteiger partial charge is 0.489 e. The van der Waals surface area contributed by atoms with Crippen molar-refractivity contribution in [1.29, 1.82) is 0 Å². The molecule has 2 rings (SSSR count). The number of nitrogens with zero attached hydrogens (tertiary/aromatic N) is 1. The van der Waals surface area contributed by atoms with Crippen LogP contribution in [-0.4, -0.2) is 37.2 Å². The van der Waals surface area contributed by atoms with Crippen LogP contribution in [0.3, 0.4) is 0 Å². The van der Waals surface area contributed by atoms with E-state index < -0.39 is 0 Å². The maximum Gasteiger partial charge on any atom is 0.165 e. The summed E-state index contributed by atoms with van der Waals surface area (Å²) >= 11 is 0. The molecule has 0 aromatic heterocycles. The summed E-state index contributed by atoms with van der Waals surface area (Å²) in [5.74, 6) is 0.644. The van der Waals surface area contributed by atoms with Gasteiger partial charge >= 0.3 is 0 Å². The Morgan fingerprint density at radius 2 is 2.15 bits per heavy atom. The van der Waals surface area contributed by atoms with Crippen LogP contribution in [0.25, 0.3) is 0 Å². The number of para-hydroxylation sites is 1. The molecule has 20 heavy (non-hydrogen) atoms. The number of benzene rings is 1. The van der Waals surface area contributed by atoms with E-state index >= 15 is 0 Å². The van der Waals surface area contributed by atoms with Crippen LogP contribution in [0.4, 0.5) is 4.39 Å². The van der Waals surface area contributed by atoms with Gasteiger partial charge in [-0.1, -0.05) is 25.5 Å². The topological polar surface area (TPSA) is 38.5 Å². The van der Waals surface area contributed by atoms with Crippen molar-refractivity contribution in [1.82, 2.24) is 4.90 Å². The molecule has 1 saturated carbocycles. The number of ether oxygens (including phenoxy) is 1. The lowest BCUT2D eigenvalue weighted by Gasteiger charge is -2.31. The summed E-state index contributed by atoms with van der Waals surface area (Å²) in [5.41, 5.74) is 5.85. The summed E-state index contributed by atoms with van der Waals surface area (Å²) in [6, 6.07) is 7.12. The van der Waals surface area contributed by atoms with Crippen molar-refractivity contribution in [3.05, 3.63) is 30.1 Å². The Kier molecular flexibility index (Phi) is 5.80. The molecule has 0 aliphatic heterocycles. The fourth-order valence-electron chi connectivity index (χ4n) is 3.17. The summed E-state index contributed by atoms with van der Waals surface area (Å²) in [6.07, 6.45) is 3.71. The molecule has 0 saturated heterocycles. The highest BCUT2D eigenvalue weighted by Gasteiger charge is 2.30. The number of likely N-dealkylation sites (N-methyl/N-ethyl adjacent to an activating group) is 1. The third-order valence-corrected chi connectivity index (χ3v) is 4.27. The molecular formula is C16H25FN2O. The third kappa shape index (κ3) is 3.70. The maximum atomic E-state index is 13.5. The Morgan fingerprint density at radius 3 is 2.85 bits per heavy atom. The first-order valence-electron chi connectivity index (χ1n) is 7.57. The smallest absolute Gasteiger partial charge is 0.165 e. The third-order valence-electron chi connectivity index (χ3n) is 4.27. The highest BCUT2D eigenvalue weighted by atomic mass is 19.1. The molecule has 1 aliphatic carbocycles. The van der Waals surface area contributed by atoms with E-state index in [0.29, 0.717) is 24.3 Å². The Balaban J connectivity index is 1.84. The van der Waals surface area contributed by atoms with Crippen molar-refractivity contribution in [3.63, 3.8) is 0 Å². The van der Waals surface area contributed by atoms with Gasteiger partial charge in [-0.2, -0.15) is 0 Å². The van der Waals surface area contributed by atoms with Crippen molar-refractivity contribution in [2.75, 3.05) is 26.2 Å². The zero-order valence-electron chi connectivity index (χ0n) is 12.2. The number of rotatable bonds is 7. The molecule has 3 nitrogen and oxygen atoms in total. The van der Waals surface area contributed by atoms with Crippen LogP contribution in [0.5, 0.6) is 5.75 Å². The van der Waals surface area contributed by atoms with Gasteiger partial charge in [0.25, 0.3) is 0 Å². The fraction of sp³-hybridized carbons (Fsp3) is 0.625. The molecular weight excluding hydrogens is 255 g/mol. The molecule has 1 aromatic rings. The van der Waals surface area contributed by atoms with Crippen LogP contribution in [-0.2, 0) is 0 Å². The fourth-order valence-corrected chi connectivity index (χ4v) is 3.17. The van der Waals surface area contributed by atoms with Crippen molar-refractivity contribution in [2.24, 2.45) is 11.7 Å². The van der Waals surface area contributed by atoms with Gasteiger partial charge in [-0.25, -0.2) is 4.39 Å². The van der Waals surface area contributed by atoms with E-state index in [1.807, 2.05) is 0 Å². The Labute approximate surface area is 120 Å². The van der Waals surface area contributed by atoms with Gasteiger partial charge in [0, 0.05) is 12.6 Å². The van der Waals surface area contributed by atoms with Crippen LogP contribution in [0.1, 0.15) is 26.2 Å². The molecule has 0 bridgehead atoms. The lowest BCUT2D eigenvalue weighted by molar-refractivity contribution is 0.139. The zero-order valence-corrected chi connectivity index (χ0v) is 12.2. The molecule has 0 spiro atoms. The second-order valence-corrected chi connectivity index (χ2v) is 5.40. The lowest BCUT2D eigenvalue weighted by atomic mass is 10.0. The van der Waals surface area contributed by atoms with E-state index in [4.69, 9.17) is 10.5 Å². The van der Waals surface area contributed by atoms with Crippen molar-refractivity contribution in [2.45, 2.75) is 32.2 Å². The molecule has 112 valence electrons. The first kappa shape index (κ1) is 15.3. The van der Waals surface area contributed by atoms with Gasteiger partial charge in [0.2, 0.25) is 0 Å². The van der Waals surface area contributed by atoms with Crippen molar-refractivity contribution in [3.8, 4) is 5.75 Å². The highest BCUT2D eigenvalue weighted by Crippen LogP contribution is 2.29. The number of hydrogen-bond acceptors (Lipinski definition) is 3. The SMILES string of the molecule is CCN(CCOc1ccccc1F)C1CCCC1CN. The van der Waals surface area contributed by atoms with Gasteiger partial charge < -0.3 is 10.5 Å². The van der Waals surface area contributed by atoms with E-state index in [-0.39, 0.29) is 5.82 Å². The summed E-state index contributed by atoms with van der Waals surface area (Å²) in [4.78, 5) is 2.42. The average molecular weight is 280 g/mol. The minimum atomic E-state index is -0.295. The molecule has 2 atom stereocenters. The van der Waals surface area contributed by atoms with Crippen molar-refractivity contribution >= 4 is 0 Å². The maximum absolute atomic E-state index is 13.5. The predicted molar refractivity (Wildman–Crippen MR) is 79.3 cm³/mol. The van der Waals surface area contributed by atoms with Gasteiger partial charge in [0.05, 0.1) is 0 Å². The van der Waals surface area contributed by atoms with Crippen molar-refractivity contribution < 1.29 is 9.13 Å². The molecule has 2 unspecified atom stereocenters.